The number of hydrogen-bond donors (Lipinski definition) is 1. The first-order valence-electron chi connectivity index (χ1n) is 3.68. The summed E-state index contributed by atoms with van der Waals surface area (Å²) in [6.07, 6.45) is 0. The van der Waals surface area contributed by atoms with Crippen molar-refractivity contribution in [2.45, 2.75) is 11.8 Å². The molecule has 3 nitrogen and oxygen atoms in total. The summed E-state index contributed by atoms with van der Waals surface area (Å²) in [4.78, 5) is 22.3. The number of thioether (sulfide) groups is 1. The summed E-state index contributed by atoms with van der Waals surface area (Å²) in [5, 5.41) is -0.0614. The highest BCUT2D eigenvalue weighted by molar-refractivity contribution is 8.13. The van der Waals surface area contributed by atoms with Crippen molar-refractivity contribution >= 4 is 22.8 Å². The van der Waals surface area contributed by atoms with Crippen LogP contribution in [0.1, 0.15) is 17.3 Å². The van der Waals surface area contributed by atoms with Gasteiger partial charge in [0, 0.05) is 11.8 Å². The smallest absolute Gasteiger partial charge is 0.249 e. The fourth-order valence-electron chi connectivity index (χ4n) is 0.914. The second-order valence-corrected chi connectivity index (χ2v) is 3.67. The van der Waals surface area contributed by atoms with Crippen molar-refractivity contribution in [1.29, 1.82) is 0 Å². The van der Waals surface area contributed by atoms with Crippen molar-refractivity contribution in [3.63, 3.8) is 0 Å². The minimum absolute atomic E-state index is 0.0614. The summed E-state index contributed by atoms with van der Waals surface area (Å²) >= 11 is 1.01. The molecule has 0 spiro atoms. The molecule has 0 aliphatic rings. The van der Waals surface area contributed by atoms with E-state index in [1.807, 2.05) is 0 Å². The largest absolute Gasteiger partial charge is 0.366 e. The number of carbonyl (C=O) groups is 2. The molecule has 0 saturated carbocycles. The Morgan fingerprint density at radius 3 is 2.46 bits per heavy atom. The zero-order valence-electron chi connectivity index (χ0n) is 7.11. The Bertz CT molecular complexity index is 349. The van der Waals surface area contributed by atoms with Crippen molar-refractivity contribution in [1.82, 2.24) is 0 Å². The Kier molecular flexibility index (Phi) is 3.08. The Hall–Kier alpha value is -1.29. The van der Waals surface area contributed by atoms with Gasteiger partial charge in [0.25, 0.3) is 0 Å². The number of rotatable bonds is 2. The zero-order chi connectivity index (χ0) is 9.84. The van der Waals surface area contributed by atoms with Crippen molar-refractivity contribution in [3.05, 3.63) is 29.8 Å². The molecule has 0 unspecified atom stereocenters. The van der Waals surface area contributed by atoms with Gasteiger partial charge in [-0.25, -0.2) is 0 Å². The summed E-state index contributed by atoms with van der Waals surface area (Å²) in [6, 6.07) is 6.78. The number of carbonyl (C=O) groups excluding carboxylic acids is 2. The molecule has 1 aromatic rings. The fraction of sp³-hybridized carbons (Fsp3) is 0.111. The van der Waals surface area contributed by atoms with Gasteiger partial charge in [0.2, 0.25) is 5.91 Å². The third-order valence-electron chi connectivity index (χ3n) is 1.41. The Labute approximate surface area is 80.3 Å². The van der Waals surface area contributed by atoms with E-state index in [-0.39, 0.29) is 5.12 Å². The van der Waals surface area contributed by atoms with Gasteiger partial charge in [-0.1, -0.05) is 23.9 Å². The second kappa shape index (κ2) is 4.09. The molecule has 1 aromatic carbocycles. The average Bonchev–Trinajstić information content (AvgIpc) is 2.03. The van der Waals surface area contributed by atoms with Crippen LogP contribution in [0.4, 0.5) is 0 Å². The van der Waals surface area contributed by atoms with Crippen LogP contribution in [-0.2, 0) is 4.79 Å². The van der Waals surface area contributed by atoms with Crippen molar-refractivity contribution < 1.29 is 9.59 Å². The number of benzene rings is 1. The van der Waals surface area contributed by atoms with E-state index in [1.165, 1.54) is 6.92 Å². The number of nitrogens with two attached hydrogens (primary N) is 1. The van der Waals surface area contributed by atoms with Crippen LogP contribution in [0.25, 0.3) is 0 Å². The molecule has 0 fully saturated rings. The summed E-state index contributed by atoms with van der Waals surface area (Å²) in [6.45, 7) is 1.45. The highest BCUT2D eigenvalue weighted by atomic mass is 32.2. The first-order valence-corrected chi connectivity index (χ1v) is 4.50. The van der Waals surface area contributed by atoms with E-state index < -0.39 is 5.91 Å². The third-order valence-corrected chi connectivity index (χ3v) is 2.27. The molecule has 13 heavy (non-hydrogen) atoms. The molecule has 0 aliphatic heterocycles. The lowest BCUT2D eigenvalue weighted by Gasteiger charge is -2.02. The topological polar surface area (TPSA) is 60.2 Å². The van der Waals surface area contributed by atoms with Crippen LogP contribution in [0, 0.1) is 0 Å². The van der Waals surface area contributed by atoms with Gasteiger partial charge in [-0.3, -0.25) is 9.59 Å². The van der Waals surface area contributed by atoms with Crippen LogP contribution in [0.15, 0.2) is 29.2 Å². The molecule has 68 valence electrons. The Morgan fingerprint density at radius 1 is 1.31 bits per heavy atom. The number of primary amides is 1. The molecule has 0 aliphatic carbocycles. The second-order valence-electron chi connectivity index (χ2n) is 2.45. The maximum Gasteiger partial charge on any atom is 0.249 e. The van der Waals surface area contributed by atoms with Crippen LogP contribution >= 0.6 is 11.8 Å². The molecule has 0 heterocycles. The normalized spacial score (nSPS) is 9.62. The molecule has 4 heteroatoms. The SMILES string of the molecule is CC(=O)Sc1ccccc1C(N)=O. The van der Waals surface area contributed by atoms with Gasteiger partial charge >= 0.3 is 0 Å². The molecule has 1 rings (SSSR count). The number of amides is 1. The average molecular weight is 195 g/mol. The van der Waals surface area contributed by atoms with Gasteiger partial charge in [0.1, 0.15) is 0 Å². The minimum atomic E-state index is -0.510. The lowest BCUT2D eigenvalue weighted by Crippen LogP contribution is -2.12. The molecule has 0 bridgehead atoms. The highest BCUT2D eigenvalue weighted by Gasteiger charge is 2.08. The fourth-order valence-corrected chi connectivity index (χ4v) is 1.65. The molecule has 2 N–H and O–H groups in total. The number of hydrogen-bond acceptors (Lipinski definition) is 3. The zero-order valence-corrected chi connectivity index (χ0v) is 7.93. The maximum absolute atomic E-state index is 10.9. The quantitative estimate of drug-likeness (QED) is 0.726. The summed E-state index contributed by atoms with van der Waals surface area (Å²) in [5.74, 6) is -0.510. The van der Waals surface area contributed by atoms with Crippen molar-refractivity contribution in [2.75, 3.05) is 0 Å². The minimum Gasteiger partial charge on any atom is -0.366 e. The standard InChI is InChI=1S/C9H9NO2S/c1-6(11)13-8-5-3-2-4-7(8)9(10)12/h2-5H,1H3,(H2,10,12). The summed E-state index contributed by atoms with van der Waals surface area (Å²) < 4.78 is 0. The van der Waals surface area contributed by atoms with E-state index in [1.54, 1.807) is 24.3 Å². The van der Waals surface area contributed by atoms with Crippen molar-refractivity contribution in [2.24, 2.45) is 5.73 Å². The predicted molar refractivity (Wildman–Crippen MR) is 51.5 cm³/mol. The van der Waals surface area contributed by atoms with Gasteiger partial charge in [0.05, 0.1) is 5.56 Å². The summed E-state index contributed by atoms with van der Waals surface area (Å²) in [5.41, 5.74) is 5.52. The van der Waals surface area contributed by atoms with E-state index in [4.69, 9.17) is 5.73 Å². The Balaban J connectivity index is 3.04. The van der Waals surface area contributed by atoms with E-state index in [9.17, 15) is 9.59 Å². The highest BCUT2D eigenvalue weighted by Crippen LogP contribution is 2.22. The van der Waals surface area contributed by atoms with Gasteiger partial charge in [-0.2, -0.15) is 0 Å². The molecular weight excluding hydrogens is 186 g/mol. The first-order chi connectivity index (χ1) is 6.11. The molecule has 0 aromatic heterocycles. The van der Waals surface area contributed by atoms with E-state index in [2.05, 4.69) is 0 Å². The maximum atomic E-state index is 10.9. The van der Waals surface area contributed by atoms with Crippen LogP contribution < -0.4 is 5.73 Å². The van der Waals surface area contributed by atoms with Gasteiger partial charge in [-0.05, 0) is 12.1 Å². The molecule has 0 atom stereocenters. The van der Waals surface area contributed by atoms with Gasteiger partial charge in [0.15, 0.2) is 5.12 Å². The monoisotopic (exact) mass is 195 g/mol. The first kappa shape index (κ1) is 9.80. The molecule has 1 amide bonds. The van der Waals surface area contributed by atoms with Crippen LogP contribution in [0.2, 0.25) is 0 Å². The molecule has 0 radical (unpaired) electrons. The van der Waals surface area contributed by atoms with Crippen LogP contribution in [0.5, 0.6) is 0 Å². The van der Waals surface area contributed by atoms with Gasteiger partial charge in [-0.15, -0.1) is 0 Å². The lowest BCUT2D eigenvalue weighted by atomic mass is 10.2. The third kappa shape index (κ3) is 2.59. The lowest BCUT2D eigenvalue weighted by molar-refractivity contribution is -0.109. The van der Waals surface area contributed by atoms with Gasteiger partial charge < -0.3 is 5.73 Å². The van der Waals surface area contributed by atoms with E-state index >= 15 is 0 Å². The predicted octanol–water partition coefficient (Wildman–Crippen LogP) is 1.42. The van der Waals surface area contributed by atoms with Crippen LogP contribution in [-0.4, -0.2) is 11.0 Å². The molecule has 0 saturated heterocycles. The van der Waals surface area contributed by atoms with Crippen LogP contribution in [0.3, 0.4) is 0 Å². The summed E-state index contributed by atoms with van der Waals surface area (Å²) in [7, 11) is 0. The van der Waals surface area contributed by atoms with E-state index in [0.717, 1.165) is 11.8 Å². The van der Waals surface area contributed by atoms with Crippen molar-refractivity contribution in [3.8, 4) is 0 Å². The molecular formula is C9H9NO2S. The Morgan fingerprint density at radius 2 is 1.92 bits per heavy atom. The van der Waals surface area contributed by atoms with E-state index in [0.29, 0.717) is 10.5 Å².